The van der Waals surface area contributed by atoms with E-state index in [0.29, 0.717) is 28.9 Å². The molecule has 0 heterocycles. The van der Waals surface area contributed by atoms with Gasteiger partial charge < -0.3 is 18.9 Å². The van der Waals surface area contributed by atoms with Crippen LogP contribution in [0.4, 0.5) is 0 Å². The summed E-state index contributed by atoms with van der Waals surface area (Å²) in [4.78, 5) is 46.5. The molecule has 0 radical (unpaired) electrons. The van der Waals surface area contributed by atoms with E-state index < -0.39 is 23.3 Å². The normalized spacial score (nSPS) is 19.0. The highest BCUT2D eigenvalue weighted by atomic mass is 16.6. The quantitative estimate of drug-likeness (QED) is 0.0862. The van der Waals surface area contributed by atoms with Gasteiger partial charge in [0.2, 0.25) is 0 Å². The number of nitrogens with zero attached hydrogens (tertiary/aromatic N) is 2. The molecule has 0 spiro atoms. The van der Waals surface area contributed by atoms with E-state index in [1.54, 1.807) is 19.9 Å². The molecule has 2 bridgehead atoms. The summed E-state index contributed by atoms with van der Waals surface area (Å²) in [6.07, 6.45) is 5.21. The van der Waals surface area contributed by atoms with Crippen molar-refractivity contribution in [2.45, 2.75) is 94.1 Å². The molecule has 2 rings (SSSR count). The van der Waals surface area contributed by atoms with E-state index in [2.05, 4.69) is 60.2 Å². The molecule has 10 heteroatoms. The lowest BCUT2D eigenvalue weighted by Crippen LogP contribution is -2.39. The molecule has 0 N–H and O–H groups in total. The second-order valence-corrected chi connectivity index (χ2v) is 13.4. The Hall–Kier alpha value is -4.70. The molecule has 2 saturated carbocycles. The Labute approximate surface area is 293 Å². The fourth-order valence-corrected chi connectivity index (χ4v) is 4.99. The van der Waals surface area contributed by atoms with Gasteiger partial charge >= 0.3 is 23.9 Å². The Bertz CT molecular complexity index is 1300. The molecule has 2 fully saturated rings. The van der Waals surface area contributed by atoms with E-state index in [1.165, 1.54) is 39.7 Å². The van der Waals surface area contributed by atoms with Gasteiger partial charge in [-0.2, -0.15) is 10.5 Å². The number of carbonyl (C=O) groups is 4. The predicted octanol–water partition coefficient (Wildman–Crippen LogP) is 7.84. The van der Waals surface area contributed by atoms with Crippen molar-refractivity contribution in [1.29, 1.82) is 10.5 Å². The fourth-order valence-electron chi connectivity index (χ4n) is 4.99. The van der Waals surface area contributed by atoms with E-state index in [9.17, 15) is 19.2 Å². The largest absolute Gasteiger partial charge is 0.461 e. The standard InChI is InChI=1S/C18H26O6.C14H22O2.C4H5N.C3H3N/c1-8-18(9-22-15(19)12(2)3,10-23-16(20)13(4)5)11-24-17(21)14(6)7;1-9(2)12(15)16-11-8-10-6-7-14(11,5)13(10,3)4;1-4(2)3-5;1-2-3-4/h2,4,6,8-11H2,1,3,5,7H3;10-11H,1,6-8H2,2-5H3;1H2,2H3;2H,1H2/t;10-,11-,14+;;/m.0../s1. The highest BCUT2D eigenvalue weighted by molar-refractivity contribution is 5.88. The van der Waals surface area contributed by atoms with E-state index in [-0.39, 0.29) is 54.0 Å². The first-order chi connectivity index (χ1) is 22.5. The minimum Gasteiger partial charge on any atom is -0.461 e. The number of hydrogen-bond donors (Lipinski definition) is 0. The van der Waals surface area contributed by atoms with Gasteiger partial charge in [0.1, 0.15) is 25.9 Å². The van der Waals surface area contributed by atoms with Crippen LogP contribution in [-0.2, 0) is 38.1 Å². The van der Waals surface area contributed by atoms with Crippen molar-refractivity contribution < 1.29 is 38.1 Å². The molecule has 3 atom stereocenters. The van der Waals surface area contributed by atoms with Crippen LogP contribution in [0.2, 0.25) is 0 Å². The summed E-state index contributed by atoms with van der Waals surface area (Å²) < 4.78 is 21.1. The van der Waals surface area contributed by atoms with Gasteiger partial charge in [-0.15, -0.1) is 0 Å². The summed E-state index contributed by atoms with van der Waals surface area (Å²) in [5.41, 5.74) is 1.40. The predicted molar refractivity (Wildman–Crippen MR) is 190 cm³/mol. The van der Waals surface area contributed by atoms with Crippen LogP contribution < -0.4 is 0 Å². The SMILES string of the molecule is C=C(C)C#N.C=C(C)C(=O)OCC(CC)(COC(=O)C(=C)C)COC(=O)C(=C)C.C=C(C)C(=O)O[C@H]1C[C@@H]2CC[C@@]1(C)C2(C)C.C=CC#N. The lowest BCUT2D eigenvalue weighted by Gasteiger charge is -2.38. The zero-order chi connectivity index (χ0) is 38.8. The molecule has 270 valence electrons. The van der Waals surface area contributed by atoms with E-state index in [1.807, 2.05) is 13.0 Å². The maximum Gasteiger partial charge on any atom is 0.333 e. The maximum atomic E-state index is 11.6. The molecular formula is C39H56N2O8. The topological polar surface area (TPSA) is 153 Å². The Morgan fingerprint density at radius 3 is 1.33 bits per heavy atom. The molecule has 0 saturated heterocycles. The van der Waals surface area contributed by atoms with Gasteiger partial charge in [0, 0.05) is 39.4 Å². The summed E-state index contributed by atoms with van der Waals surface area (Å²) in [7, 11) is 0. The zero-order valence-electron chi connectivity index (χ0n) is 31.1. The summed E-state index contributed by atoms with van der Waals surface area (Å²) in [5.74, 6) is -1.21. The summed E-state index contributed by atoms with van der Waals surface area (Å²) in [6, 6.07) is 3.53. The van der Waals surface area contributed by atoms with Crippen LogP contribution in [0.3, 0.4) is 0 Å². The lowest BCUT2D eigenvalue weighted by atomic mass is 9.70. The lowest BCUT2D eigenvalue weighted by molar-refractivity contribution is -0.157. The number of hydrogen-bond acceptors (Lipinski definition) is 10. The third kappa shape index (κ3) is 14.9. The van der Waals surface area contributed by atoms with E-state index in [0.717, 1.165) is 6.42 Å². The number of nitriles is 2. The van der Waals surface area contributed by atoms with Crippen LogP contribution in [0, 0.1) is 44.8 Å². The molecule has 0 aromatic carbocycles. The molecule has 2 aliphatic rings. The molecule has 0 unspecified atom stereocenters. The Morgan fingerprint density at radius 2 is 1.12 bits per heavy atom. The van der Waals surface area contributed by atoms with Crippen LogP contribution in [-0.4, -0.2) is 49.8 Å². The molecule has 49 heavy (non-hydrogen) atoms. The number of carbonyl (C=O) groups excluding carboxylic acids is 4. The van der Waals surface area contributed by atoms with Crippen LogP contribution >= 0.6 is 0 Å². The maximum absolute atomic E-state index is 11.6. The minimum atomic E-state index is -0.860. The van der Waals surface area contributed by atoms with Gasteiger partial charge in [-0.3, -0.25) is 0 Å². The van der Waals surface area contributed by atoms with Crippen molar-refractivity contribution in [1.82, 2.24) is 0 Å². The smallest absolute Gasteiger partial charge is 0.333 e. The molecule has 0 aromatic rings. The second-order valence-electron chi connectivity index (χ2n) is 13.4. The Kier molecular flexibility index (Phi) is 20.2. The minimum absolute atomic E-state index is 0.0812. The van der Waals surface area contributed by atoms with Crippen molar-refractivity contribution in [2.75, 3.05) is 19.8 Å². The van der Waals surface area contributed by atoms with Crippen LogP contribution in [0.15, 0.2) is 73.4 Å². The molecule has 0 aromatic heterocycles. The number of fused-ring (bicyclic) bond motifs is 2. The highest BCUT2D eigenvalue weighted by Crippen LogP contribution is 2.66. The van der Waals surface area contributed by atoms with E-state index in [4.69, 9.17) is 29.5 Å². The van der Waals surface area contributed by atoms with Gasteiger partial charge in [0.05, 0.1) is 17.6 Å². The monoisotopic (exact) mass is 680 g/mol. The zero-order valence-corrected chi connectivity index (χ0v) is 31.1. The first-order valence-corrected chi connectivity index (χ1v) is 15.9. The second kappa shape index (κ2) is 21.3. The molecule has 10 nitrogen and oxygen atoms in total. The van der Waals surface area contributed by atoms with Gasteiger partial charge in [0.15, 0.2) is 0 Å². The molecular weight excluding hydrogens is 624 g/mol. The average Bonchev–Trinajstić information content (AvgIpc) is 3.38. The number of esters is 4. The Balaban J connectivity index is 0. The van der Waals surface area contributed by atoms with Gasteiger partial charge in [-0.25, -0.2) is 19.2 Å². The van der Waals surface area contributed by atoms with Gasteiger partial charge in [0.25, 0.3) is 0 Å². The third-order valence-corrected chi connectivity index (χ3v) is 8.92. The number of allylic oxidation sites excluding steroid dienone is 2. The van der Waals surface area contributed by atoms with Crippen LogP contribution in [0.5, 0.6) is 0 Å². The van der Waals surface area contributed by atoms with Crippen molar-refractivity contribution in [3.63, 3.8) is 0 Å². The van der Waals surface area contributed by atoms with Crippen LogP contribution in [0.1, 0.15) is 88.0 Å². The number of rotatable bonds is 12. The van der Waals surface area contributed by atoms with Gasteiger partial charge in [-0.05, 0) is 71.6 Å². The first kappa shape index (κ1) is 46.4. The summed E-state index contributed by atoms with van der Waals surface area (Å²) in [5, 5.41) is 15.3. The summed E-state index contributed by atoms with van der Waals surface area (Å²) >= 11 is 0. The Morgan fingerprint density at radius 1 is 0.776 bits per heavy atom. The van der Waals surface area contributed by atoms with Crippen molar-refractivity contribution in [2.24, 2.45) is 22.2 Å². The van der Waals surface area contributed by atoms with Crippen molar-refractivity contribution in [3.8, 4) is 12.1 Å². The van der Waals surface area contributed by atoms with E-state index >= 15 is 0 Å². The molecule has 0 amide bonds. The molecule has 2 aliphatic carbocycles. The van der Waals surface area contributed by atoms with Crippen LogP contribution in [0.25, 0.3) is 0 Å². The fraction of sp³-hybridized carbons (Fsp3) is 0.538. The summed E-state index contributed by atoms with van der Waals surface area (Å²) in [6.45, 7) is 37.0. The van der Waals surface area contributed by atoms with Crippen molar-refractivity contribution in [3.05, 3.63) is 73.4 Å². The average molecular weight is 681 g/mol. The third-order valence-electron chi connectivity index (χ3n) is 8.92. The van der Waals surface area contributed by atoms with Crippen molar-refractivity contribution >= 4 is 23.9 Å². The molecule has 0 aliphatic heterocycles. The van der Waals surface area contributed by atoms with Gasteiger partial charge in [-0.1, -0.05) is 67.2 Å². The highest BCUT2D eigenvalue weighted by Gasteiger charge is 2.62. The number of ether oxygens (including phenoxy) is 4. The first-order valence-electron chi connectivity index (χ1n) is 15.9.